The van der Waals surface area contributed by atoms with Crippen molar-refractivity contribution in [2.75, 3.05) is 7.11 Å². The van der Waals surface area contributed by atoms with Crippen molar-refractivity contribution >= 4 is 16.2 Å². The topological polar surface area (TPSA) is 72.7 Å². The van der Waals surface area contributed by atoms with Crippen LogP contribution in [0.4, 0.5) is 0 Å². The molecule has 7 heteroatoms. The summed E-state index contributed by atoms with van der Waals surface area (Å²) in [6.45, 7) is 1.90. The third-order valence-electron chi connectivity index (χ3n) is 3.83. The van der Waals surface area contributed by atoms with E-state index in [1.807, 2.05) is 54.1 Å². The minimum atomic E-state index is -3.69. The maximum atomic E-state index is 12.3. The van der Waals surface area contributed by atoms with E-state index in [0.29, 0.717) is 0 Å². The van der Waals surface area contributed by atoms with Gasteiger partial charge in [0.1, 0.15) is 5.75 Å². The molecule has 6 nitrogen and oxygen atoms in total. The van der Waals surface area contributed by atoms with Crippen LogP contribution in [0.25, 0.3) is 5.69 Å². The van der Waals surface area contributed by atoms with Gasteiger partial charge in [-0.15, -0.1) is 0 Å². The Labute approximate surface area is 152 Å². The van der Waals surface area contributed by atoms with Gasteiger partial charge in [0.25, 0.3) is 10.0 Å². The Kier molecular flexibility index (Phi) is 5.09. The third-order valence-corrected chi connectivity index (χ3v) is 5.07. The number of aryl methyl sites for hydroxylation is 1. The molecule has 0 saturated heterocycles. The van der Waals surface area contributed by atoms with Crippen molar-refractivity contribution < 1.29 is 13.2 Å². The average Bonchev–Trinajstić information content (AvgIpc) is 3.10. The number of hydrogen-bond acceptors (Lipinski definition) is 4. The summed E-state index contributed by atoms with van der Waals surface area (Å²) >= 11 is 0. The fourth-order valence-corrected chi connectivity index (χ4v) is 3.20. The lowest BCUT2D eigenvalue weighted by Crippen LogP contribution is -2.18. The predicted octanol–water partition coefficient (Wildman–Crippen LogP) is 3.11. The maximum absolute atomic E-state index is 12.3. The molecule has 26 heavy (non-hydrogen) atoms. The number of hydrazone groups is 1. The second-order valence-corrected chi connectivity index (χ2v) is 7.33. The molecule has 0 unspecified atom stereocenters. The molecular formula is C19H19N3O3S. The van der Waals surface area contributed by atoms with E-state index in [1.165, 1.54) is 6.21 Å². The first kappa shape index (κ1) is 17.8. The summed E-state index contributed by atoms with van der Waals surface area (Å²) in [4.78, 5) is 2.41. The highest BCUT2D eigenvalue weighted by Crippen LogP contribution is 2.16. The molecule has 3 rings (SSSR count). The molecule has 0 aliphatic rings. The Bertz CT molecular complexity index is 1000. The zero-order valence-electron chi connectivity index (χ0n) is 14.5. The van der Waals surface area contributed by atoms with Crippen LogP contribution in [0.5, 0.6) is 5.75 Å². The van der Waals surface area contributed by atoms with Gasteiger partial charge >= 0.3 is 0 Å². The van der Waals surface area contributed by atoms with Crippen molar-refractivity contribution in [1.82, 2.24) is 9.40 Å². The normalized spacial score (nSPS) is 11.6. The van der Waals surface area contributed by atoms with Crippen molar-refractivity contribution in [3.8, 4) is 11.4 Å². The molecule has 0 atom stereocenters. The zero-order chi connectivity index (χ0) is 18.6. The van der Waals surface area contributed by atoms with Crippen LogP contribution < -0.4 is 9.57 Å². The van der Waals surface area contributed by atoms with Crippen molar-refractivity contribution in [2.24, 2.45) is 5.10 Å². The second-order valence-electron chi connectivity index (χ2n) is 5.67. The molecular weight excluding hydrogens is 350 g/mol. The number of sulfonamides is 1. The molecule has 0 saturated carbocycles. The van der Waals surface area contributed by atoms with Gasteiger partial charge < -0.3 is 9.30 Å². The number of hydrogen-bond donors (Lipinski definition) is 1. The quantitative estimate of drug-likeness (QED) is 0.536. The molecule has 1 N–H and O–H groups in total. The van der Waals surface area contributed by atoms with Crippen LogP contribution >= 0.6 is 0 Å². The van der Waals surface area contributed by atoms with Crippen LogP contribution in [0.1, 0.15) is 11.3 Å². The average molecular weight is 369 g/mol. The summed E-state index contributed by atoms with van der Waals surface area (Å²) in [7, 11) is -2.08. The van der Waals surface area contributed by atoms with E-state index < -0.39 is 10.0 Å². The Morgan fingerprint density at radius 3 is 2.38 bits per heavy atom. The van der Waals surface area contributed by atoms with E-state index >= 15 is 0 Å². The van der Waals surface area contributed by atoms with Crippen LogP contribution in [-0.2, 0) is 10.0 Å². The van der Waals surface area contributed by atoms with Gasteiger partial charge in [-0.25, -0.2) is 4.83 Å². The third kappa shape index (κ3) is 3.94. The lowest BCUT2D eigenvalue weighted by Gasteiger charge is -2.07. The molecule has 134 valence electrons. The smallest absolute Gasteiger partial charge is 0.276 e. The SMILES string of the molecule is COc1ccc(-n2cccc2/C=N\NS(=O)(=O)c2ccc(C)cc2)cc1. The highest BCUT2D eigenvalue weighted by Gasteiger charge is 2.12. The largest absolute Gasteiger partial charge is 0.497 e. The zero-order valence-corrected chi connectivity index (χ0v) is 15.3. The minimum absolute atomic E-state index is 0.172. The van der Waals surface area contributed by atoms with Crippen LogP contribution in [0, 0.1) is 6.92 Å². The Morgan fingerprint density at radius 2 is 1.73 bits per heavy atom. The predicted molar refractivity (Wildman–Crippen MR) is 101 cm³/mol. The minimum Gasteiger partial charge on any atom is -0.497 e. The van der Waals surface area contributed by atoms with Gasteiger partial charge in [0, 0.05) is 11.9 Å². The Hall–Kier alpha value is -3.06. The highest BCUT2D eigenvalue weighted by molar-refractivity contribution is 7.89. The fraction of sp³-hybridized carbons (Fsp3) is 0.105. The van der Waals surface area contributed by atoms with E-state index in [0.717, 1.165) is 22.7 Å². The first-order valence-corrected chi connectivity index (χ1v) is 9.41. The molecule has 2 aromatic carbocycles. The molecule has 0 aliphatic heterocycles. The number of methoxy groups -OCH3 is 1. The number of ether oxygens (including phenoxy) is 1. The maximum Gasteiger partial charge on any atom is 0.276 e. The number of nitrogens with one attached hydrogen (secondary N) is 1. The molecule has 1 heterocycles. The Balaban J connectivity index is 1.77. The highest BCUT2D eigenvalue weighted by atomic mass is 32.2. The van der Waals surface area contributed by atoms with E-state index in [-0.39, 0.29) is 4.90 Å². The molecule has 0 amide bonds. The van der Waals surface area contributed by atoms with Crippen molar-refractivity contribution in [3.63, 3.8) is 0 Å². The Morgan fingerprint density at radius 1 is 1.04 bits per heavy atom. The molecule has 0 fully saturated rings. The van der Waals surface area contributed by atoms with Crippen molar-refractivity contribution in [1.29, 1.82) is 0 Å². The van der Waals surface area contributed by atoms with Crippen molar-refractivity contribution in [3.05, 3.63) is 78.1 Å². The first-order chi connectivity index (χ1) is 12.5. The van der Waals surface area contributed by atoms with Gasteiger partial charge in [-0.1, -0.05) is 17.7 Å². The van der Waals surface area contributed by atoms with Gasteiger partial charge in [0.05, 0.1) is 23.9 Å². The van der Waals surface area contributed by atoms with Gasteiger partial charge in [-0.2, -0.15) is 13.5 Å². The lowest BCUT2D eigenvalue weighted by molar-refractivity contribution is 0.414. The van der Waals surface area contributed by atoms with E-state index in [2.05, 4.69) is 9.93 Å². The van der Waals surface area contributed by atoms with Crippen LogP contribution in [0.15, 0.2) is 76.9 Å². The van der Waals surface area contributed by atoms with E-state index in [9.17, 15) is 8.42 Å². The van der Waals surface area contributed by atoms with Gasteiger partial charge in [0.2, 0.25) is 0 Å². The monoisotopic (exact) mass is 369 g/mol. The summed E-state index contributed by atoms with van der Waals surface area (Å²) in [6.07, 6.45) is 3.34. The molecule has 0 aliphatic carbocycles. The number of benzene rings is 2. The van der Waals surface area contributed by atoms with E-state index in [4.69, 9.17) is 4.74 Å². The van der Waals surface area contributed by atoms with E-state index in [1.54, 1.807) is 31.4 Å². The van der Waals surface area contributed by atoms with Gasteiger partial charge in [0.15, 0.2) is 0 Å². The first-order valence-electron chi connectivity index (χ1n) is 7.93. The van der Waals surface area contributed by atoms with Gasteiger partial charge in [-0.05, 0) is 55.5 Å². The standard InChI is InChI=1S/C19H19N3O3S/c1-15-5-11-19(12-6-15)26(23,24)21-20-14-17-4-3-13-22(17)16-7-9-18(25-2)10-8-16/h3-14,21H,1-2H3/b20-14-. The fourth-order valence-electron chi connectivity index (χ4n) is 2.41. The molecule has 1 aromatic heterocycles. The second kappa shape index (κ2) is 7.45. The molecule has 0 bridgehead atoms. The summed E-state index contributed by atoms with van der Waals surface area (Å²) < 4.78 is 31.6. The molecule has 0 radical (unpaired) electrons. The summed E-state index contributed by atoms with van der Waals surface area (Å²) in [6, 6.07) is 17.8. The number of nitrogens with zero attached hydrogens (tertiary/aromatic N) is 2. The lowest BCUT2D eigenvalue weighted by atomic mass is 10.2. The van der Waals surface area contributed by atoms with Crippen molar-refractivity contribution in [2.45, 2.75) is 11.8 Å². The summed E-state index contributed by atoms with van der Waals surface area (Å²) in [5.41, 5.74) is 2.64. The van der Waals surface area contributed by atoms with Crippen LogP contribution in [0.2, 0.25) is 0 Å². The summed E-state index contributed by atoms with van der Waals surface area (Å²) in [5, 5.41) is 3.90. The summed E-state index contributed by atoms with van der Waals surface area (Å²) in [5.74, 6) is 0.766. The molecule has 3 aromatic rings. The number of rotatable bonds is 6. The van der Waals surface area contributed by atoms with Crippen LogP contribution in [-0.4, -0.2) is 26.3 Å². The number of aromatic nitrogens is 1. The molecule has 0 spiro atoms. The van der Waals surface area contributed by atoms with Gasteiger partial charge in [-0.3, -0.25) is 0 Å². The van der Waals surface area contributed by atoms with Crippen LogP contribution in [0.3, 0.4) is 0 Å².